The summed E-state index contributed by atoms with van der Waals surface area (Å²) >= 11 is 0. The molecule has 0 amide bonds. The van der Waals surface area contributed by atoms with Crippen LogP contribution in [0.2, 0.25) is 0 Å². The monoisotopic (exact) mass is 360 g/mol. The van der Waals surface area contributed by atoms with Crippen molar-refractivity contribution in [2.24, 2.45) is 10.9 Å². The molecule has 0 saturated carbocycles. The van der Waals surface area contributed by atoms with E-state index in [1.165, 1.54) is 17.7 Å². The van der Waals surface area contributed by atoms with Gasteiger partial charge in [-0.15, -0.1) is 0 Å². The van der Waals surface area contributed by atoms with E-state index >= 15 is 0 Å². The lowest BCUT2D eigenvalue weighted by atomic mass is 9.85. The van der Waals surface area contributed by atoms with Crippen LogP contribution < -0.4 is 5.32 Å². The fourth-order valence-electron chi connectivity index (χ4n) is 3.39. The second-order valence-corrected chi connectivity index (χ2v) is 6.95. The highest BCUT2D eigenvalue weighted by molar-refractivity contribution is 5.89. The van der Waals surface area contributed by atoms with E-state index in [1.54, 1.807) is 18.5 Å². The van der Waals surface area contributed by atoms with E-state index in [0.29, 0.717) is 18.4 Å². The number of allylic oxidation sites excluding steroid dienone is 2. The first-order chi connectivity index (χ1) is 13.1. The van der Waals surface area contributed by atoms with Crippen molar-refractivity contribution in [2.75, 3.05) is 5.32 Å². The number of hydrogen-bond acceptors (Lipinski definition) is 4. The van der Waals surface area contributed by atoms with Crippen LogP contribution in [0.1, 0.15) is 30.9 Å². The highest BCUT2D eigenvalue weighted by atomic mass is 19.1. The van der Waals surface area contributed by atoms with Crippen molar-refractivity contribution in [3.8, 4) is 0 Å². The summed E-state index contributed by atoms with van der Waals surface area (Å²) in [4.78, 5) is 13.2. The Morgan fingerprint density at radius 3 is 2.70 bits per heavy atom. The van der Waals surface area contributed by atoms with Gasteiger partial charge in [0.15, 0.2) is 0 Å². The van der Waals surface area contributed by atoms with Crippen LogP contribution in [0.4, 0.5) is 10.2 Å². The Balaban J connectivity index is 1.60. The molecule has 1 aromatic heterocycles. The third kappa shape index (κ3) is 3.72. The van der Waals surface area contributed by atoms with Gasteiger partial charge < -0.3 is 5.32 Å². The smallest absolute Gasteiger partial charge is 0.137 e. The van der Waals surface area contributed by atoms with E-state index in [0.717, 1.165) is 28.0 Å². The molecule has 136 valence electrons. The molecule has 1 aliphatic rings. The molecule has 0 fully saturated rings. The average Bonchev–Trinajstić information content (AvgIpc) is 2.69. The number of aliphatic imine (C=N–C) groups is 1. The predicted molar refractivity (Wildman–Crippen MR) is 107 cm³/mol. The molecule has 1 N–H and O–H groups in total. The molecule has 0 aliphatic carbocycles. The minimum absolute atomic E-state index is 0.231. The Bertz CT molecular complexity index is 1020. The molecule has 3 aromatic rings. The topological polar surface area (TPSA) is 50.2 Å². The van der Waals surface area contributed by atoms with Gasteiger partial charge in [0.25, 0.3) is 0 Å². The van der Waals surface area contributed by atoms with Gasteiger partial charge in [-0.2, -0.15) is 0 Å². The van der Waals surface area contributed by atoms with Crippen LogP contribution >= 0.6 is 0 Å². The van der Waals surface area contributed by atoms with Crippen LogP contribution in [0.15, 0.2) is 65.6 Å². The lowest BCUT2D eigenvalue weighted by Crippen LogP contribution is -2.13. The third-order valence-corrected chi connectivity index (χ3v) is 4.92. The molecule has 1 aliphatic heterocycles. The number of hydrogen-bond donors (Lipinski definition) is 1. The third-order valence-electron chi connectivity index (χ3n) is 4.92. The van der Waals surface area contributed by atoms with Crippen molar-refractivity contribution in [2.45, 2.75) is 26.3 Å². The summed E-state index contributed by atoms with van der Waals surface area (Å²) in [6.45, 7) is 4.78. The molecule has 0 saturated heterocycles. The van der Waals surface area contributed by atoms with Gasteiger partial charge in [-0.3, -0.25) is 4.99 Å². The van der Waals surface area contributed by atoms with Gasteiger partial charge >= 0.3 is 0 Å². The predicted octanol–water partition coefficient (Wildman–Crippen LogP) is 5.09. The lowest BCUT2D eigenvalue weighted by Gasteiger charge is -2.22. The molecular weight excluding hydrogens is 339 g/mol. The van der Waals surface area contributed by atoms with Crippen LogP contribution in [-0.4, -0.2) is 16.2 Å². The molecule has 4 rings (SSSR count). The fraction of sp³-hybridized carbons (Fsp3) is 0.227. The van der Waals surface area contributed by atoms with Crippen LogP contribution in [0, 0.1) is 11.7 Å². The Hall–Kier alpha value is -3.08. The zero-order valence-electron chi connectivity index (χ0n) is 15.4. The minimum atomic E-state index is -0.231. The maximum Gasteiger partial charge on any atom is 0.137 e. The van der Waals surface area contributed by atoms with Gasteiger partial charge in [-0.25, -0.2) is 14.4 Å². The SMILES string of the molecule is CC1=CC(c2ccc3c(NCc4ccc(F)cc4)ncnc3c2)C(C)C=N1. The minimum Gasteiger partial charge on any atom is -0.365 e. The van der Waals surface area contributed by atoms with Gasteiger partial charge in [-0.1, -0.05) is 31.2 Å². The molecule has 2 aromatic carbocycles. The first kappa shape index (κ1) is 17.3. The molecule has 0 spiro atoms. The zero-order valence-corrected chi connectivity index (χ0v) is 15.4. The van der Waals surface area contributed by atoms with Crippen LogP contribution in [0.5, 0.6) is 0 Å². The number of nitrogens with one attached hydrogen (secondary N) is 1. The first-order valence-electron chi connectivity index (χ1n) is 9.06. The quantitative estimate of drug-likeness (QED) is 0.705. The summed E-state index contributed by atoms with van der Waals surface area (Å²) in [5, 5.41) is 4.30. The van der Waals surface area contributed by atoms with Gasteiger partial charge in [0.1, 0.15) is 18.0 Å². The summed E-state index contributed by atoms with van der Waals surface area (Å²) in [6, 6.07) is 12.8. The molecule has 2 heterocycles. The second-order valence-electron chi connectivity index (χ2n) is 6.95. The highest BCUT2D eigenvalue weighted by Crippen LogP contribution is 2.32. The van der Waals surface area contributed by atoms with Gasteiger partial charge in [0, 0.05) is 35.7 Å². The van der Waals surface area contributed by atoms with E-state index in [4.69, 9.17) is 0 Å². The summed E-state index contributed by atoms with van der Waals surface area (Å²) in [5.41, 5.74) is 4.17. The fourth-order valence-corrected chi connectivity index (χ4v) is 3.39. The lowest BCUT2D eigenvalue weighted by molar-refractivity contribution is 0.627. The summed E-state index contributed by atoms with van der Waals surface area (Å²) in [6.07, 6.45) is 5.80. The highest BCUT2D eigenvalue weighted by Gasteiger charge is 2.19. The Morgan fingerprint density at radius 1 is 1.07 bits per heavy atom. The summed E-state index contributed by atoms with van der Waals surface area (Å²) in [7, 11) is 0. The van der Waals surface area contributed by atoms with E-state index in [2.05, 4.69) is 51.5 Å². The van der Waals surface area contributed by atoms with E-state index in [1.807, 2.05) is 13.1 Å². The van der Waals surface area contributed by atoms with Gasteiger partial charge in [0.05, 0.1) is 5.52 Å². The van der Waals surface area contributed by atoms with Gasteiger partial charge in [-0.05, 0) is 42.3 Å². The molecule has 27 heavy (non-hydrogen) atoms. The molecule has 0 bridgehead atoms. The van der Waals surface area contributed by atoms with E-state index in [9.17, 15) is 4.39 Å². The molecule has 0 radical (unpaired) electrons. The van der Waals surface area contributed by atoms with Gasteiger partial charge in [0.2, 0.25) is 0 Å². The first-order valence-corrected chi connectivity index (χ1v) is 9.06. The van der Waals surface area contributed by atoms with Crippen molar-refractivity contribution < 1.29 is 4.39 Å². The zero-order chi connectivity index (χ0) is 18.8. The maximum atomic E-state index is 13.0. The number of halogens is 1. The number of nitrogens with zero attached hydrogens (tertiary/aromatic N) is 3. The number of fused-ring (bicyclic) bond motifs is 1. The largest absolute Gasteiger partial charge is 0.365 e. The van der Waals surface area contributed by atoms with E-state index < -0.39 is 0 Å². The van der Waals surface area contributed by atoms with Crippen molar-refractivity contribution in [1.82, 2.24) is 9.97 Å². The Morgan fingerprint density at radius 2 is 1.89 bits per heavy atom. The number of rotatable bonds is 4. The van der Waals surface area contributed by atoms with Crippen molar-refractivity contribution in [3.63, 3.8) is 0 Å². The van der Waals surface area contributed by atoms with Crippen molar-refractivity contribution in [1.29, 1.82) is 0 Å². The number of benzene rings is 2. The average molecular weight is 360 g/mol. The molecule has 2 atom stereocenters. The van der Waals surface area contributed by atoms with Crippen molar-refractivity contribution in [3.05, 3.63) is 77.5 Å². The van der Waals surface area contributed by atoms with Crippen LogP contribution in [0.25, 0.3) is 10.9 Å². The maximum absolute atomic E-state index is 13.0. The molecule has 5 heteroatoms. The molecule has 4 nitrogen and oxygen atoms in total. The second kappa shape index (κ2) is 7.27. The summed E-state index contributed by atoms with van der Waals surface area (Å²) < 4.78 is 13.0. The van der Waals surface area contributed by atoms with E-state index in [-0.39, 0.29) is 5.82 Å². The van der Waals surface area contributed by atoms with Crippen molar-refractivity contribution >= 4 is 22.9 Å². The Kier molecular flexibility index (Phi) is 4.67. The molecule has 2 unspecified atom stereocenters. The van der Waals surface area contributed by atoms with Crippen LogP contribution in [0.3, 0.4) is 0 Å². The number of aromatic nitrogens is 2. The number of anilines is 1. The normalized spacial score (nSPS) is 19.1. The van der Waals surface area contributed by atoms with Crippen LogP contribution in [-0.2, 0) is 6.54 Å². The summed E-state index contributed by atoms with van der Waals surface area (Å²) in [5.74, 6) is 1.20. The standard InChI is InChI=1S/C22H21FN4/c1-14-11-24-15(2)9-20(14)17-5-8-19-21(10-17)26-13-27-22(19)25-12-16-3-6-18(23)7-4-16/h3-11,13-14,20H,12H2,1-2H3,(H,25,26,27). The molecular formula is C22H21FN4. The Labute approximate surface area is 157 Å².